The minimum absolute atomic E-state index is 0.123. The van der Waals surface area contributed by atoms with Crippen LogP contribution >= 0.6 is 0 Å². The molecule has 1 aromatic heterocycles. The van der Waals surface area contributed by atoms with E-state index in [1.807, 2.05) is 0 Å². The number of hydrogen-bond donors (Lipinski definition) is 2. The number of nitrogens with one attached hydrogen (secondary N) is 2. The summed E-state index contributed by atoms with van der Waals surface area (Å²) in [6.07, 6.45) is 1.73. The molecule has 2 aliphatic rings. The zero-order valence-corrected chi connectivity index (χ0v) is 13.7. The van der Waals surface area contributed by atoms with Crippen molar-refractivity contribution in [3.05, 3.63) is 53.1 Å². The summed E-state index contributed by atoms with van der Waals surface area (Å²) < 4.78 is 18.6. The fourth-order valence-corrected chi connectivity index (χ4v) is 3.45. The van der Waals surface area contributed by atoms with Gasteiger partial charge in [0, 0.05) is 23.5 Å². The predicted molar refractivity (Wildman–Crippen MR) is 86.7 cm³/mol. The van der Waals surface area contributed by atoms with E-state index in [-0.39, 0.29) is 18.1 Å². The van der Waals surface area contributed by atoms with Gasteiger partial charge >= 0.3 is 5.97 Å². The number of halogens is 1. The smallest absolute Gasteiger partial charge is 0.337 e. The average molecular weight is 341 g/mol. The Morgan fingerprint density at radius 2 is 1.96 bits per heavy atom. The minimum Gasteiger partial charge on any atom is -0.450 e. The van der Waals surface area contributed by atoms with Crippen LogP contribution in [-0.2, 0) is 14.3 Å². The summed E-state index contributed by atoms with van der Waals surface area (Å²) in [6, 6.07) is 5.96. The molecular weight excluding hydrogens is 325 g/mol. The van der Waals surface area contributed by atoms with Gasteiger partial charge in [0.25, 0.3) is 0 Å². The van der Waals surface area contributed by atoms with Crippen LogP contribution in [0.4, 0.5) is 4.39 Å². The fraction of sp³-hybridized carbons (Fsp3) is 0.278. The molecule has 25 heavy (non-hydrogen) atoms. The molecule has 0 saturated heterocycles. The van der Waals surface area contributed by atoms with E-state index in [0.29, 0.717) is 22.5 Å². The van der Waals surface area contributed by atoms with Crippen molar-refractivity contribution >= 4 is 11.9 Å². The van der Waals surface area contributed by atoms with Crippen LogP contribution in [0.2, 0.25) is 0 Å². The van der Waals surface area contributed by atoms with Gasteiger partial charge in [-0.25, -0.2) is 9.18 Å². The molecule has 6 nitrogen and oxygen atoms in total. The van der Waals surface area contributed by atoms with Crippen molar-refractivity contribution in [3.63, 3.8) is 0 Å². The highest BCUT2D eigenvalue weighted by Gasteiger charge is 2.48. The maximum atomic E-state index is 13.2. The third-order valence-electron chi connectivity index (χ3n) is 4.62. The Morgan fingerprint density at radius 1 is 1.24 bits per heavy atom. The van der Waals surface area contributed by atoms with Gasteiger partial charge in [0.1, 0.15) is 11.4 Å². The molecule has 0 unspecified atom stereocenters. The minimum atomic E-state index is -0.874. The average Bonchev–Trinajstić information content (AvgIpc) is 3.11. The summed E-state index contributed by atoms with van der Waals surface area (Å²) in [5, 5.41) is 9.73. The van der Waals surface area contributed by atoms with E-state index in [4.69, 9.17) is 4.74 Å². The summed E-state index contributed by atoms with van der Waals surface area (Å²) in [6.45, 7) is 3.48. The number of amides is 1. The Hall–Kier alpha value is -2.96. The van der Waals surface area contributed by atoms with Crippen LogP contribution in [0.15, 0.2) is 41.7 Å². The van der Waals surface area contributed by atoms with E-state index in [9.17, 15) is 14.0 Å². The van der Waals surface area contributed by atoms with E-state index in [0.717, 1.165) is 5.56 Å². The molecule has 0 spiro atoms. The van der Waals surface area contributed by atoms with Gasteiger partial charge in [0.05, 0.1) is 23.2 Å². The lowest BCUT2D eigenvalue weighted by molar-refractivity contribution is -0.144. The third kappa shape index (κ3) is 2.43. The molecule has 1 amide bonds. The van der Waals surface area contributed by atoms with Gasteiger partial charge in [-0.2, -0.15) is 5.10 Å². The van der Waals surface area contributed by atoms with Crippen molar-refractivity contribution < 1.29 is 18.7 Å². The number of nitrogens with zero attached hydrogens (tertiary/aromatic N) is 1. The van der Waals surface area contributed by atoms with Crippen molar-refractivity contribution in [2.75, 3.05) is 0 Å². The number of aromatic nitrogens is 2. The Bertz CT molecular complexity index is 912. The molecule has 4 rings (SSSR count). The molecule has 0 fully saturated rings. The number of H-pyrrole nitrogens is 1. The maximum Gasteiger partial charge on any atom is 0.337 e. The fourth-order valence-electron chi connectivity index (χ4n) is 3.45. The highest BCUT2D eigenvalue weighted by Crippen LogP contribution is 2.44. The van der Waals surface area contributed by atoms with Gasteiger partial charge < -0.3 is 10.1 Å². The van der Waals surface area contributed by atoms with E-state index in [1.54, 1.807) is 32.2 Å². The van der Waals surface area contributed by atoms with Crippen LogP contribution < -0.4 is 5.32 Å². The monoisotopic (exact) mass is 341 g/mol. The molecule has 0 bridgehead atoms. The number of cyclic esters (lactones) is 1. The van der Waals surface area contributed by atoms with Crippen LogP contribution in [0.1, 0.15) is 31.7 Å². The Balaban J connectivity index is 1.84. The second-order valence-corrected chi connectivity index (χ2v) is 6.70. The van der Waals surface area contributed by atoms with Gasteiger partial charge in [-0.15, -0.1) is 0 Å². The van der Waals surface area contributed by atoms with E-state index in [1.165, 1.54) is 12.1 Å². The third-order valence-corrected chi connectivity index (χ3v) is 4.62. The largest absolute Gasteiger partial charge is 0.450 e. The second kappa shape index (κ2) is 5.27. The highest BCUT2D eigenvalue weighted by molar-refractivity contribution is 5.99. The molecule has 128 valence electrons. The van der Waals surface area contributed by atoms with Crippen molar-refractivity contribution in [2.45, 2.75) is 31.8 Å². The van der Waals surface area contributed by atoms with E-state index in [2.05, 4.69) is 15.5 Å². The van der Waals surface area contributed by atoms with Gasteiger partial charge in [-0.1, -0.05) is 0 Å². The van der Waals surface area contributed by atoms with Crippen LogP contribution in [0, 0.1) is 5.82 Å². The van der Waals surface area contributed by atoms with Gasteiger partial charge in [-0.05, 0) is 38.1 Å². The van der Waals surface area contributed by atoms with Gasteiger partial charge in [0.2, 0.25) is 5.91 Å². The Labute approximate surface area is 143 Å². The zero-order valence-electron chi connectivity index (χ0n) is 13.7. The van der Waals surface area contributed by atoms with Crippen molar-refractivity contribution in [3.8, 4) is 11.3 Å². The lowest BCUT2D eigenvalue weighted by Crippen LogP contribution is -2.38. The Morgan fingerprint density at radius 3 is 2.68 bits per heavy atom. The maximum absolute atomic E-state index is 13.2. The molecule has 2 aliphatic heterocycles. The van der Waals surface area contributed by atoms with E-state index < -0.39 is 17.5 Å². The van der Waals surface area contributed by atoms with Crippen LogP contribution in [0.5, 0.6) is 0 Å². The molecule has 2 aromatic rings. The number of rotatable bonds is 2. The second-order valence-electron chi connectivity index (χ2n) is 6.70. The molecule has 7 heteroatoms. The molecule has 3 heterocycles. The number of carbonyl (C=O) groups is 2. The Kier molecular flexibility index (Phi) is 3.28. The normalized spacial score (nSPS) is 21.8. The van der Waals surface area contributed by atoms with Crippen molar-refractivity contribution in [2.24, 2.45) is 0 Å². The van der Waals surface area contributed by atoms with Gasteiger partial charge in [0.15, 0.2) is 0 Å². The zero-order chi connectivity index (χ0) is 17.8. The molecule has 2 N–H and O–H groups in total. The van der Waals surface area contributed by atoms with Crippen LogP contribution in [0.25, 0.3) is 11.3 Å². The summed E-state index contributed by atoms with van der Waals surface area (Å²) in [5.74, 6) is -1.41. The quantitative estimate of drug-likeness (QED) is 0.822. The predicted octanol–water partition coefficient (Wildman–Crippen LogP) is 2.41. The van der Waals surface area contributed by atoms with Crippen molar-refractivity contribution in [1.29, 1.82) is 0 Å². The van der Waals surface area contributed by atoms with Crippen molar-refractivity contribution in [1.82, 2.24) is 15.5 Å². The first kappa shape index (κ1) is 15.6. The number of hydrogen-bond acceptors (Lipinski definition) is 4. The molecular formula is C18H16FN3O3. The summed E-state index contributed by atoms with van der Waals surface area (Å²) in [7, 11) is 0. The molecule has 0 aliphatic carbocycles. The van der Waals surface area contributed by atoms with Crippen LogP contribution in [-0.4, -0.2) is 27.7 Å². The molecule has 0 radical (unpaired) electrons. The molecule has 0 saturated carbocycles. The first-order valence-corrected chi connectivity index (χ1v) is 7.94. The van der Waals surface area contributed by atoms with Gasteiger partial charge in [-0.3, -0.25) is 9.89 Å². The number of esters is 1. The summed E-state index contributed by atoms with van der Waals surface area (Å²) in [4.78, 5) is 24.6. The van der Waals surface area contributed by atoms with E-state index >= 15 is 0 Å². The lowest BCUT2D eigenvalue weighted by Gasteiger charge is -2.26. The number of carbonyl (C=O) groups excluding carboxylic acids is 2. The standard InChI is InChI=1S/C18H16FN3O3/c1-18(2)16-14(17(24)25-18)11(7-13(23)21-16)12-8-20-22-15(12)9-3-5-10(19)6-4-9/h3-6,8,11H,7H2,1-2H3,(H,20,22)(H,21,23)/t11-/m1/s1. The highest BCUT2D eigenvalue weighted by atomic mass is 19.1. The molecule has 1 atom stereocenters. The first-order chi connectivity index (χ1) is 11.9. The summed E-state index contributed by atoms with van der Waals surface area (Å²) in [5.41, 5.74) is 2.18. The summed E-state index contributed by atoms with van der Waals surface area (Å²) >= 11 is 0. The topological polar surface area (TPSA) is 84.1 Å². The van der Waals surface area contributed by atoms with Crippen LogP contribution in [0.3, 0.4) is 0 Å². The first-order valence-electron chi connectivity index (χ1n) is 7.94. The SMILES string of the molecule is CC1(C)OC(=O)C2=C1NC(=O)C[C@@H]2c1cn[nH]c1-c1ccc(F)cc1. The lowest BCUT2D eigenvalue weighted by atomic mass is 9.82. The number of ether oxygens (including phenoxy) is 1. The number of benzene rings is 1. The molecule has 1 aromatic carbocycles. The number of aromatic amines is 1.